The smallest absolute Gasteiger partial charge is 0.321 e. The Morgan fingerprint density at radius 3 is 2.58 bits per heavy atom. The maximum absolute atomic E-state index is 12.4. The van der Waals surface area contributed by atoms with Gasteiger partial charge in [-0.3, -0.25) is 4.72 Å². The summed E-state index contributed by atoms with van der Waals surface area (Å²) in [5.74, 6) is 0.789. The molecule has 0 aliphatic carbocycles. The summed E-state index contributed by atoms with van der Waals surface area (Å²) in [5, 5.41) is 2.75. The maximum atomic E-state index is 12.4. The highest BCUT2D eigenvalue weighted by molar-refractivity contribution is 7.90. The van der Waals surface area contributed by atoms with Gasteiger partial charge >= 0.3 is 16.2 Å². The quantitative estimate of drug-likeness (QED) is 0.765. The van der Waals surface area contributed by atoms with E-state index in [9.17, 15) is 13.2 Å². The second kappa shape index (κ2) is 8.19. The van der Waals surface area contributed by atoms with Gasteiger partial charge in [-0.25, -0.2) is 9.78 Å². The van der Waals surface area contributed by atoms with Crippen molar-refractivity contribution in [2.24, 2.45) is 0 Å². The molecule has 1 heterocycles. The highest BCUT2D eigenvalue weighted by Gasteiger charge is 2.15. The van der Waals surface area contributed by atoms with Crippen molar-refractivity contribution in [1.82, 2.24) is 18.8 Å². The van der Waals surface area contributed by atoms with Crippen LogP contribution in [-0.2, 0) is 23.3 Å². The molecule has 0 unspecified atom stereocenters. The van der Waals surface area contributed by atoms with E-state index in [1.54, 1.807) is 37.5 Å². The molecule has 0 spiro atoms. The van der Waals surface area contributed by atoms with E-state index in [-0.39, 0.29) is 6.03 Å². The Balaban J connectivity index is 2.03. The molecule has 2 amide bonds. The van der Waals surface area contributed by atoms with Gasteiger partial charge in [0, 0.05) is 45.8 Å². The van der Waals surface area contributed by atoms with Crippen molar-refractivity contribution in [3.05, 3.63) is 42.5 Å². The lowest BCUT2D eigenvalue weighted by molar-refractivity contribution is 0.219. The van der Waals surface area contributed by atoms with Gasteiger partial charge in [-0.05, 0) is 25.1 Å². The summed E-state index contributed by atoms with van der Waals surface area (Å²) >= 11 is 0. The Morgan fingerprint density at radius 2 is 1.92 bits per heavy atom. The van der Waals surface area contributed by atoms with E-state index in [0.29, 0.717) is 17.9 Å². The minimum absolute atomic E-state index is 0.316. The van der Waals surface area contributed by atoms with Gasteiger partial charge in [-0.1, -0.05) is 6.07 Å². The molecule has 2 rings (SSSR count). The lowest BCUT2D eigenvalue weighted by Crippen LogP contribution is -2.32. The number of amides is 2. The Kier molecular flexibility index (Phi) is 6.22. The van der Waals surface area contributed by atoms with Gasteiger partial charge in [0.05, 0.1) is 12.2 Å². The number of nitrogens with zero attached hydrogens (tertiary/aromatic N) is 4. The third kappa shape index (κ3) is 4.96. The van der Waals surface area contributed by atoms with Gasteiger partial charge in [0.25, 0.3) is 0 Å². The molecule has 2 aromatic rings. The van der Waals surface area contributed by atoms with Crippen LogP contribution in [0.15, 0.2) is 36.7 Å². The summed E-state index contributed by atoms with van der Waals surface area (Å²) in [6.45, 7) is 3.14. The van der Waals surface area contributed by atoms with Gasteiger partial charge in [0.15, 0.2) is 0 Å². The van der Waals surface area contributed by atoms with E-state index >= 15 is 0 Å². The number of carbonyl (C=O) groups excluding carboxylic acids is 1. The number of carbonyl (C=O) groups is 1. The minimum atomic E-state index is -3.61. The number of aromatic nitrogens is 2. The van der Waals surface area contributed by atoms with Gasteiger partial charge in [-0.15, -0.1) is 0 Å². The van der Waals surface area contributed by atoms with E-state index in [0.717, 1.165) is 16.7 Å². The molecule has 10 heteroatoms. The average Bonchev–Trinajstić information content (AvgIpc) is 3.01. The Labute approximate surface area is 153 Å². The summed E-state index contributed by atoms with van der Waals surface area (Å²) in [6.07, 6.45) is 3.56. The number of rotatable bonds is 7. The molecule has 26 heavy (non-hydrogen) atoms. The van der Waals surface area contributed by atoms with Crippen LogP contribution in [0.5, 0.6) is 0 Å². The lowest BCUT2D eigenvalue weighted by atomic mass is 10.3. The van der Waals surface area contributed by atoms with Crippen LogP contribution in [0.3, 0.4) is 0 Å². The molecule has 0 radical (unpaired) electrons. The summed E-state index contributed by atoms with van der Waals surface area (Å²) in [7, 11) is 0.931. The maximum Gasteiger partial charge on any atom is 0.321 e. The zero-order valence-corrected chi connectivity index (χ0v) is 16.1. The van der Waals surface area contributed by atoms with Crippen LogP contribution in [0.4, 0.5) is 16.2 Å². The van der Waals surface area contributed by atoms with Crippen LogP contribution in [0.25, 0.3) is 0 Å². The molecule has 1 aromatic carbocycles. The molecule has 0 saturated carbocycles. The topological polar surface area (TPSA) is 99.6 Å². The van der Waals surface area contributed by atoms with Crippen LogP contribution in [-0.4, -0.2) is 54.3 Å². The average molecular weight is 380 g/mol. The molecule has 0 aliphatic heterocycles. The van der Waals surface area contributed by atoms with Crippen molar-refractivity contribution in [3.8, 4) is 0 Å². The normalized spacial score (nSPS) is 11.4. The second-order valence-corrected chi connectivity index (χ2v) is 7.77. The monoisotopic (exact) mass is 380 g/mol. The first-order valence-electron chi connectivity index (χ1n) is 8.05. The van der Waals surface area contributed by atoms with Crippen LogP contribution in [0, 0.1) is 0 Å². The Bertz CT molecular complexity index is 862. The summed E-state index contributed by atoms with van der Waals surface area (Å²) in [4.78, 5) is 18.1. The predicted molar refractivity (Wildman–Crippen MR) is 101 cm³/mol. The third-order valence-electron chi connectivity index (χ3n) is 3.71. The van der Waals surface area contributed by atoms with Crippen molar-refractivity contribution in [2.75, 3.05) is 31.2 Å². The Hall–Kier alpha value is -2.59. The molecule has 9 nitrogen and oxygen atoms in total. The number of imidazole rings is 1. The number of hydrogen-bond acceptors (Lipinski definition) is 4. The zero-order valence-electron chi connectivity index (χ0n) is 15.3. The molecule has 0 atom stereocenters. The highest BCUT2D eigenvalue weighted by atomic mass is 32.2. The van der Waals surface area contributed by atoms with Gasteiger partial charge in [0.2, 0.25) is 0 Å². The fourth-order valence-electron chi connectivity index (χ4n) is 2.18. The molecule has 1 aromatic heterocycles. The van der Waals surface area contributed by atoms with E-state index in [1.165, 1.54) is 19.0 Å². The second-order valence-electron chi connectivity index (χ2n) is 5.89. The first-order valence-corrected chi connectivity index (χ1v) is 9.49. The fraction of sp³-hybridized carbons (Fsp3) is 0.375. The molecule has 0 aliphatic rings. The van der Waals surface area contributed by atoms with Crippen LogP contribution in [0.2, 0.25) is 0 Å². The summed E-state index contributed by atoms with van der Waals surface area (Å²) in [5.41, 5.74) is 0.848. The number of benzene rings is 1. The summed E-state index contributed by atoms with van der Waals surface area (Å²) < 4.78 is 29.2. The van der Waals surface area contributed by atoms with Crippen molar-refractivity contribution in [3.63, 3.8) is 0 Å². The largest absolute Gasteiger partial charge is 0.334 e. The number of anilines is 2. The molecular formula is C16H24N6O3S. The van der Waals surface area contributed by atoms with Crippen molar-refractivity contribution >= 4 is 27.6 Å². The number of hydrogen-bond donors (Lipinski definition) is 2. The molecule has 2 N–H and O–H groups in total. The SMILES string of the molecule is CCn1ccnc1CN(C)C(=O)Nc1cccc(NS(=O)(=O)N(C)C)c1. The molecule has 142 valence electrons. The number of urea groups is 1. The van der Waals surface area contributed by atoms with Crippen molar-refractivity contribution in [1.29, 1.82) is 0 Å². The van der Waals surface area contributed by atoms with E-state index in [2.05, 4.69) is 15.0 Å². The van der Waals surface area contributed by atoms with E-state index in [4.69, 9.17) is 0 Å². The fourth-order valence-corrected chi connectivity index (χ4v) is 2.79. The Morgan fingerprint density at radius 1 is 1.23 bits per heavy atom. The van der Waals surface area contributed by atoms with Crippen LogP contribution in [0.1, 0.15) is 12.7 Å². The van der Waals surface area contributed by atoms with E-state index in [1.807, 2.05) is 17.7 Å². The third-order valence-corrected chi connectivity index (χ3v) is 5.16. The van der Waals surface area contributed by atoms with Crippen molar-refractivity contribution < 1.29 is 13.2 Å². The first-order chi connectivity index (χ1) is 12.2. The number of aryl methyl sites for hydroxylation is 1. The van der Waals surface area contributed by atoms with E-state index < -0.39 is 10.2 Å². The number of nitrogens with one attached hydrogen (secondary N) is 2. The molecular weight excluding hydrogens is 356 g/mol. The summed E-state index contributed by atoms with van der Waals surface area (Å²) in [6, 6.07) is 6.19. The zero-order chi connectivity index (χ0) is 19.3. The van der Waals surface area contributed by atoms with Gasteiger partial charge in [-0.2, -0.15) is 12.7 Å². The molecule has 0 saturated heterocycles. The van der Waals surface area contributed by atoms with Crippen LogP contribution >= 0.6 is 0 Å². The van der Waals surface area contributed by atoms with Crippen LogP contribution < -0.4 is 10.0 Å². The van der Waals surface area contributed by atoms with Crippen molar-refractivity contribution in [2.45, 2.75) is 20.0 Å². The minimum Gasteiger partial charge on any atom is -0.334 e. The predicted octanol–water partition coefficient (Wildman–Crippen LogP) is 1.79. The van der Waals surface area contributed by atoms with Gasteiger partial charge < -0.3 is 14.8 Å². The lowest BCUT2D eigenvalue weighted by Gasteiger charge is -2.19. The highest BCUT2D eigenvalue weighted by Crippen LogP contribution is 2.17. The molecule has 0 bridgehead atoms. The first kappa shape index (κ1) is 19.7. The van der Waals surface area contributed by atoms with Gasteiger partial charge in [0.1, 0.15) is 5.82 Å². The molecule has 0 fully saturated rings. The standard InChI is InChI=1S/C16H24N6O3S/c1-5-22-10-9-17-15(22)12-21(4)16(23)18-13-7-6-8-14(11-13)19-26(24,25)20(2)3/h6-11,19H,5,12H2,1-4H3,(H,18,23).